The van der Waals surface area contributed by atoms with Crippen molar-refractivity contribution in [1.82, 2.24) is 0 Å². The van der Waals surface area contributed by atoms with E-state index in [0.29, 0.717) is 15.3 Å². The number of para-hydroxylation sites is 4. The van der Waals surface area contributed by atoms with Crippen LogP contribution in [-0.4, -0.2) is 11.1 Å². The minimum atomic E-state index is -1.29. The van der Waals surface area contributed by atoms with Crippen LogP contribution in [0.1, 0.15) is 14.6 Å². The molecule has 254 valence electrons. The third-order valence-corrected chi connectivity index (χ3v) is 10.5. The third kappa shape index (κ3) is 7.85. The highest BCUT2D eigenvalue weighted by atomic mass is 32.1. The molecule has 53 heavy (non-hydrogen) atoms. The van der Waals surface area contributed by atoms with Gasteiger partial charge in [-0.15, -0.1) is 22.7 Å². The van der Waals surface area contributed by atoms with Gasteiger partial charge in [0, 0.05) is 53.6 Å². The number of hydrogen-bond donors (Lipinski definition) is 1. The van der Waals surface area contributed by atoms with Crippen LogP contribution in [0.4, 0.5) is 34.1 Å². The van der Waals surface area contributed by atoms with Gasteiger partial charge in [0.25, 0.3) is 0 Å². The van der Waals surface area contributed by atoms with E-state index < -0.39 is 5.97 Å². The number of thiophene rings is 2. The molecule has 0 bridgehead atoms. The minimum absolute atomic E-state index is 0.360. The number of nitriles is 2. The molecule has 0 spiro atoms. The van der Waals surface area contributed by atoms with E-state index in [4.69, 9.17) is 0 Å². The summed E-state index contributed by atoms with van der Waals surface area (Å²) >= 11 is 2.84. The van der Waals surface area contributed by atoms with E-state index in [-0.39, 0.29) is 5.57 Å². The SMILES string of the molecule is N#C/C(=C\c1ccc(/C(C#N)=C/c2ccc(-c3cc(N(c4ccccc4)c4ccccc4)cc(N(c4ccccc4)c4ccccc4)c3)s2)s1)C(=O)O. The third-order valence-electron chi connectivity index (χ3n) is 8.32. The first-order valence-corrected chi connectivity index (χ1v) is 18.3. The highest BCUT2D eigenvalue weighted by molar-refractivity contribution is 7.16. The van der Waals surface area contributed by atoms with Gasteiger partial charge >= 0.3 is 5.97 Å². The Hall–Kier alpha value is -6.97. The van der Waals surface area contributed by atoms with Gasteiger partial charge in [0.15, 0.2) is 0 Å². The standard InChI is InChI=1S/C45H30N4O2S2/c46-30-33(44-24-22-42(53-44)28-34(31-47)45(50)51)27-41-21-23-43(52-41)32-25-39(48(35-13-5-1-6-14-35)36-15-7-2-8-16-36)29-40(26-32)49(37-17-9-3-10-18-37)38-19-11-4-12-20-38/h1-29H,(H,50,51)/b33-27+,34-28+. The van der Waals surface area contributed by atoms with Crippen LogP contribution in [0.5, 0.6) is 0 Å². The molecule has 8 heteroatoms. The minimum Gasteiger partial charge on any atom is -0.477 e. The van der Waals surface area contributed by atoms with Crippen LogP contribution >= 0.6 is 22.7 Å². The number of hydrogen-bond acceptors (Lipinski definition) is 7. The molecular formula is C45H30N4O2S2. The van der Waals surface area contributed by atoms with E-state index in [1.165, 1.54) is 17.4 Å². The molecule has 0 saturated heterocycles. The van der Waals surface area contributed by atoms with Crippen LogP contribution in [0.15, 0.2) is 169 Å². The Labute approximate surface area is 315 Å². The van der Waals surface area contributed by atoms with Gasteiger partial charge in [0.05, 0.1) is 5.57 Å². The maximum Gasteiger partial charge on any atom is 0.346 e. The molecule has 6 nitrogen and oxygen atoms in total. The fourth-order valence-corrected chi connectivity index (χ4v) is 7.80. The van der Waals surface area contributed by atoms with Gasteiger partial charge in [-0.25, -0.2) is 4.79 Å². The van der Waals surface area contributed by atoms with Crippen molar-refractivity contribution in [2.45, 2.75) is 0 Å². The second kappa shape index (κ2) is 15.9. The number of carbonyl (C=O) groups is 1. The van der Waals surface area contributed by atoms with Crippen molar-refractivity contribution in [2.75, 3.05) is 9.80 Å². The molecular weight excluding hydrogens is 693 g/mol. The average Bonchev–Trinajstić information content (AvgIpc) is 3.88. The van der Waals surface area contributed by atoms with E-state index in [2.05, 4.69) is 88.7 Å². The Morgan fingerprint density at radius 3 is 1.42 bits per heavy atom. The molecule has 0 radical (unpaired) electrons. The van der Waals surface area contributed by atoms with Crippen molar-refractivity contribution in [2.24, 2.45) is 0 Å². The number of aliphatic carboxylic acids is 1. The monoisotopic (exact) mass is 722 g/mol. The summed E-state index contributed by atoms with van der Waals surface area (Å²) in [4.78, 5) is 19.0. The molecule has 7 rings (SSSR count). The Balaban J connectivity index is 1.36. The molecule has 0 saturated carbocycles. The number of benzene rings is 5. The van der Waals surface area contributed by atoms with Gasteiger partial charge in [0.2, 0.25) is 0 Å². The van der Waals surface area contributed by atoms with Crippen LogP contribution in [0.25, 0.3) is 28.2 Å². The molecule has 1 N–H and O–H groups in total. The first kappa shape index (κ1) is 34.5. The molecule has 2 aromatic heterocycles. The lowest BCUT2D eigenvalue weighted by Gasteiger charge is -2.30. The Morgan fingerprint density at radius 2 is 0.981 bits per heavy atom. The smallest absolute Gasteiger partial charge is 0.346 e. The van der Waals surface area contributed by atoms with Gasteiger partial charge in [-0.3, -0.25) is 0 Å². The van der Waals surface area contributed by atoms with E-state index in [1.54, 1.807) is 29.5 Å². The van der Waals surface area contributed by atoms with Crippen molar-refractivity contribution in [3.8, 4) is 22.6 Å². The van der Waals surface area contributed by atoms with Crippen molar-refractivity contribution < 1.29 is 9.90 Å². The average molecular weight is 723 g/mol. The lowest BCUT2D eigenvalue weighted by Crippen LogP contribution is -2.13. The largest absolute Gasteiger partial charge is 0.477 e. The molecule has 0 atom stereocenters. The number of allylic oxidation sites excluding steroid dienone is 1. The molecule has 0 aliphatic carbocycles. The molecule has 5 aromatic carbocycles. The summed E-state index contributed by atoms with van der Waals surface area (Å²) in [5.41, 5.74) is 7.16. The van der Waals surface area contributed by atoms with Gasteiger partial charge in [0.1, 0.15) is 17.7 Å². The predicted molar refractivity (Wildman–Crippen MR) is 218 cm³/mol. The second-order valence-electron chi connectivity index (χ2n) is 11.8. The summed E-state index contributed by atoms with van der Waals surface area (Å²) in [6, 6.07) is 59.5. The molecule has 0 aliphatic rings. The van der Waals surface area contributed by atoms with Crippen LogP contribution in [0, 0.1) is 22.7 Å². The number of nitrogens with zero attached hydrogens (tertiary/aromatic N) is 4. The fraction of sp³-hybridized carbons (Fsp3) is 0. The fourth-order valence-electron chi connectivity index (χ4n) is 5.94. The first-order chi connectivity index (χ1) is 26.0. The zero-order valence-corrected chi connectivity index (χ0v) is 29.8. The number of rotatable bonds is 11. The van der Waals surface area contributed by atoms with E-state index in [1.807, 2.05) is 84.9 Å². The number of anilines is 6. The van der Waals surface area contributed by atoms with Crippen molar-refractivity contribution in [1.29, 1.82) is 10.5 Å². The summed E-state index contributed by atoms with van der Waals surface area (Å²) in [6.07, 6.45) is 3.17. The highest BCUT2D eigenvalue weighted by Gasteiger charge is 2.20. The normalized spacial score (nSPS) is 11.4. The maximum absolute atomic E-state index is 11.3. The van der Waals surface area contributed by atoms with E-state index in [0.717, 1.165) is 49.4 Å². The molecule has 0 aliphatic heterocycles. The summed E-state index contributed by atoms with van der Waals surface area (Å²) in [5.74, 6) is -1.29. The van der Waals surface area contributed by atoms with Gasteiger partial charge in [-0.2, -0.15) is 10.5 Å². The summed E-state index contributed by atoms with van der Waals surface area (Å²) < 4.78 is 0. The summed E-state index contributed by atoms with van der Waals surface area (Å²) in [7, 11) is 0. The summed E-state index contributed by atoms with van der Waals surface area (Å²) in [6.45, 7) is 0. The van der Waals surface area contributed by atoms with Gasteiger partial charge in [-0.1, -0.05) is 72.8 Å². The highest BCUT2D eigenvalue weighted by Crippen LogP contribution is 2.44. The molecule has 7 aromatic rings. The molecule has 0 amide bonds. The molecule has 0 fully saturated rings. The lowest BCUT2D eigenvalue weighted by atomic mass is 10.1. The zero-order valence-electron chi connectivity index (χ0n) is 28.2. The zero-order chi connectivity index (χ0) is 36.6. The van der Waals surface area contributed by atoms with Crippen LogP contribution in [0.2, 0.25) is 0 Å². The van der Waals surface area contributed by atoms with Crippen LogP contribution in [0.3, 0.4) is 0 Å². The molecule has 2 heterocycles. The number of carboxylic acid groups (broad SMARTS) is 1. The Kier molecular flexibility index (Phi) is 10.4. The number of carboxylic acids is 1. The topological polar surface area (TPSA) is 91.4 Å². The van der Waals surface area contributed by atoms with Crippen molar-refractivity contribution in [3.63, 3.8) is 0 Å². The Bertz CT molecular complexity index is 2330. The predicted octanol–water partition coefficient (Wildman–Crippen LogP) is 12.5. The van der Waals surface area contributed by atoms with Gasteiger partial charge in [-0.05, 0) is 109 Å². The van der Waals surface area contributed by atoms with Crippen LogP contribution < -0.4 is 9.80 Å². The van der Waals surface area contributed by atoms with E-state index >= 15 is 0 Å². The van der Waals surface area contributed by atoms with Crippen molar-refractivity contribution >= 4 is 80.5 Å². The van der Waals surface area contributed by atoms with E-state index in [9.17, 15) is 20.4 Å². The lowest BCUT2D eigenvalue weighted by molar-refractivity contribution is -0.132. The maximum atomic E-state index is 11.3. The Morgan fingerprint density at radius 1 is 0.528 bits per heavy atom. The first-order valence-electron chi connectivity index (χ1n) is 16.6. The van der Waals surface area contributed by atoms with Crippen LogP contribution in [-0.2, 0) is 4.79 Å². The second-order valence-corrected chi connectivity index (χ2v) is 14.0. The quantitative estimate of drug-likeness (QED) is 0.106. The summed E-state index contributed by atoms with van der Waals surface area (Å²) in [5, 5.41) is 28.6. The van der Waals surface area contributed by atoms with Crippen molar-refractivity contribution in [3.05, 3.63) is 184 Å². The molecule has 0 unspecified atom stereocenters. The van der Waals surface area contributed by atoms with Gasteiger partial charge < -0.3 is 14.9 Å².